The SMILES string of the molecule is Cc1c(C(=O)N(C(C)C)C2CC2)nnn1C1CCNCC1.Cl. The van der Waals surface area contributed by atoms with Gasteiger partial charge >= 0.3 is 0 Å². The van der Waals surface area contributed by atoms with Gasteiger partial charge in [0.2, 0.25) is 0 Å². The first-order valence-corrected chi connectivity index (χ1v) is 8.04. The number of hydrogen-bond donors (Lipinski definition) is 1. The van der Waals surface area contributed by atoms with Gasteiger partial charge in [-0.15, -0.1) is 17.5 Å². The van der Waals surface area contributed by atoms with E-state index in [0.29, 0.717) is 17.8 Å². The summed E-state index contributed by atoms with van der Waals surface area (Å²) in [5, 5.41) is 11.8. The van der Waals surface area contributed by atoms with Crippen LogP contribution < -0.4 is 5.32 Å². The van der Waals surface area contributed by atoms with Crippen LogP contribution >= 0.6 is 12.4 Å². The highest BCUT2D eigenvalue weighted by Crippen LogP contribution is 2.30. The summed E-state index contributed by atoms with van der Waals surface area (Å²) in [5.41, 5.74) is 1.45. The Morgan fingerprint density at radius 3 is 2.45 bits per heavy atom. The molecule has 1 saturated carbocycles. The normalized spacial score (nSPS) is 19.1. The Hall–Kier alpha value is -1.14. The van der Waals surface area contributed by atoms with Crippen LogP contribution in [0.25, 0.3) is 0 Å². The van der Waals surface area contributed by atoms with Crippen molar-refractivity contribution >= 4 is 18.3 Å². The molecule has 1 saturated heterocycles. The van der Waals surface area contributed by atoms with Crippen LogP contribution in [0.4, 0.5) is 0 Å². The number of halogens is 1. The number of amides is 1. The van der Waals surface area contributed by atoms with Crippen LogP contribution in [0.2, 0.25) is 0 Å². The van der Waals surface area contributed by atoms with Crippen molar-refractivity contribution < 1.29 is 4.79 Å². The second-order valence-electron chi connectivity index (χ2n) is 6.49. The molecule has 1 aliphatic heterocycles. The minimum Gasteiger partial charge on any atom is -0.332 e. The summed E-state index contributed by atoms with van der Waals surface area (Å²) in [6.45, 7) is 8.13. The summed E-state index contributed by atoms with van der Waals surface area (Å²) in [6, 6.07) is 0.989. The Bertz CT molecular complexity index is 518. The Labute approximate surface area is 138 Å². The maximum atomic E-state index is 12.8. The van der Waals surface area contributed by atoms with Gasteiger partial charge in [-0.3, -0.25) is 4.79 Å². The van der Waals surface area contributed by atoms with Gasteiger partial charge in [-0.25, -0.2) is 4.68 Å². The second kappa shape index (κ2) is 6.96. The molecule has 1 aliphatic carbocycles. The Morgan fingerprint density at radius 2 is 1.91 bits per heavy atom. The first-order chi connectivity index (χ1) is 10.1. The van der Waals surface area contributed by atoms with Gasteiger partial charge in [0.25, 0.3) is 5.91 Å². The van der Waals surface area contributed by atoms with E-state index < -0.39 is 0 Å². The molecule has 1 aromatic heterocycles. The number of rotatable bonds is 4. The zero-order valence-electron chi connectivity index (χ0n) is 13.6. The molecular weight excluding hydrogens is 302 g/mol. The molecule has 124 valence electrons. The van der Waals surface area contributed by atoms with Crippen LogP contribution in [-0.4, -0.2) is 51.0 Å². The number of piperidine rings is 1. The van der Waals surface area contributed by atoms with Gasteiger partial charge < -0.3 is 10.2 Å². The van der Waals surface area contributed by atoms with E-state index in [2.05, 4.69) is 29.5 Å². The van der Waals surface area contributed by atoms with Gasteiger partial charge in [0.1, 0.15) is 0 Å². The lowest BCUT2D eigenvalue weighted by molar-refractivity contribution is 0.0683. The molecule has 1 aromatic rings. The highest BCUT2D eigenvalue weighted by molar-refractivity contribution is 5.93. The quantitative estimate of drug-likeness (QED) is 0.918. The van der Waals surface area contributed by atoms with Crippen molar-refractivity contribution in [1.82, 2.24) is 25.2 Å². The van der Waals surface area contributed by atoms with Gasteiger partial charge in [-0.1, -0.05) is 5.21 Å². The molecule has 0 spiro atoms. The molecule has 6 nitrogen and oxygen atoms in total. The van der Waals surface area contributed by atoms with Crippen molar-refractivity contribution in [2.45, 2.75) is 64.6 Å². The van der Waals surface area contributed by atoms with Crippen molar-refractivity contribution in [2.75, 3.05) is 13.1 Å². The second-order valence-corrected chi connectivity index (χ2v) is 6.49. The molecule has 0 radical (unpaired) electrons. The van der Waals surface area contributed by atoms with Gasteiger partial charge in [-0.05, 0) is 59.5 Å². The lowest BCUT2D eigenvalue weighted by atomic mass is 10.1. The van der Waals surface area contributed by atoms with E-state index in [4.69, 9.17) is 0 Å². The van der Waals surface area contributed by atoms with E-state index in [9.17, 15) is 4.79 Å². The fourth-order valence-corrected chi connectivity index (χ4v) is 3.23. The van der Waals surface area contributed by atoms with E-state index in [1.807, 2.05) is 16.5 Å². The molecule has 0 aromatic carbocycles. The third-order valence-corrected chi connectivity index (χ3v) is 4.52. The van der Waals surface area contributed by atoms with Gasteiger partial charge in [0, 0.05) is 12.1 Å². The smallest absolute Gasteiger partial charge is 0.276 e. The van der Waals surface area contributed by atoms with Crippen LogP contribution in [-0.2, 0) is 0 Å². The van der Waals surface area contributed by atoms with E-state index in [0.717, 1.165) is 44.5 Å². The summed E-state index contributed by atoms with van der Waals surface area (Å²) in [6.07, 6.45) is 4.33. The number of carbonyl (C=O) groups is 1. The molecular formula is C15H26ClN5O. The average Bonchev–Trinajstić information content (AvgIpc) is 3.21. The fourth-order valence-electron chi connectivity index (χ4n) is 3.23. The molecule has 2 aliphatic rings. The molecule has 7 heteroatoms. The largest absolute Gasteiger partial charge is 0.332 e. The van der Waals surface area contributed by atoms with Crippen molar-refractivity contribution in [1.29, 1.82) is 0 Å². The molecule has 3 rings (SSSR count). The number of hydrogen-bond acceptors (Lipinski definition) is 4. The number of nitrogens with one attached hydrogen (secondary N) is 1. The van der Waals surface area contributed by atoms with Crippen LogP contribution in [0.3, 0.4) is 0 Å². The summed E-state index contributed by atoms with van der Waals surface area (Å²) in [7, 11) is 0. The van der Waals surface area contributed by atoms with E-state index in [1.54, 1.807) is 0 Å². The molecule has 0 unspecified atom stereocenters. The molecule has 22 heavy (non-hydrogen) atoms. The zero-order chi connectivity index (χ0) is 15.0. The molecule has 2 heterocycles. The van der Waals surface area contributed by atoms with Gasteiger partial charge in [0.15, 0.2) is 5.69 Å². The maximum Gasteiger partial charge on any atom is 0.276 e. The first kappa shape index (κ1) is 17.2. The molecule has 1 N–H and O–H groups in total. The van der Waals surface area contributed by atoms with Crippen molar-refractivity contribution in [3.63, 3.8) is 0 Å². The van der Waals surface area contributed by atoms with Gasteiger partial charge in [0.05, 0.1) is 11.7 Å². The fraction of sp³-hybridized carbons (Fsp3) is 0.800. The van der Waals surface area contributed by atoms with Crippen LogP contribution in [0.15, 0.2) is 0 Å². The first-order valence-electron chi connectivity index (χ1n) is 8.04. The van der Waals surface area contributed by atoms with Gasteiger partial charge in [-0.2, -0.15) is 0 Å². The summed E-state index contributed by atoms with van der Waals surface area (Å²) in [4.78, 5) is 14.8. The van der Waals surface area contributed by atoms with Crippen LogP contribution in [0, 0.1) is 6.92 Å². The van der Waals surface area contributed by atoms with E-state index in [1.165, 1.54) is 0 Å². The predicted molar refractivity (Wildman–Crippen MR) is 87.5 cm³/mol. The summed E-state index contributed by atoms with van der Waals surface area (Å²) >= 11 is 0. The lowest BCUT2D eigenvalue weighted by Gasteiger charge is -2.26. The number of aromatic nitrogens is 3. The van der Waals surface area contributed by atoms with Crippen molar-refractivity contribution in [3.05, 3.63) is 11.4 Å². The average molecular weight is 328 g/mol. The number of nitrogens with zero attached hydrogens (tertiary/aromatic N) is 4. The van der Waals surface area contributed by atoms with Crippen LogP contribution in [0.1, 0.15) is 61.8 Å². The van der Waals surface area contributed by atoms with Crippen molar-refractivity contribution in [3.8, 4) is 0 Å². The van der Waals surface area contributed by atoms with Crippen LogP contribution in [0.5, 0.6) is 0 Å². The number of carbonyl (C=O) groups excluding carboxylic acids is 1. The van der Waals surface area contributed by atoms with E-state index in [-0.39, 0.29) is 24.4 Å². The molecule has 0 atom stereocenters. The highest BCUT2D eigenvalue weighted by atomic mass is 35.5. The molecule has 0 bridgehead atoms. The topological polar surface area (TPSA) is 63.1 Å². The summed E-state index contributed by atoms with van der Waals surface area (Å²) < 4.78 is 1.96. The van der Waals surface area contributed by atoms with E-state index >= 15 is 0 Å². The summed E-state index contributed by atoms with van der Waals surface area (Å²) in [5.74, 6) is 0.0465. The standard InChI is InChI=1S/C15H25N5O.ClH/c1-10(2)19(12-4-5-12)15(21)14-11(3)20(18-17-14)13-6-8-16-9-7-13;/h10,12-13,16H,4-9H2,1-3H3;1H. The minimum absolute atomic E-state index is 0. The third kappa shape index (κ3) is 3.27. The maximum absolute atomic E-state index is 12.8. The Morgan fingerprint density at radius 1 is 1.27 bits per heavy atom. The monoisotopic (exact) mass is 327 g/mol. The Kier molecular flexibility index (Phi) is 5.45. The lowest BCUT2D eigenvalue weighted by Crippen LogP contribution is -2.39. The highest BCUT2D eigenvalue weighted by Gasteiger charge is 2.37. The predicted octanol–water partition coefficient (Wildman–Crippen LogP) is 1.95. The molecule has 1 amide bonds. The zero-order valence-corrected chi connectivity index (χ0v) is 14.4. The van der Waals surface area contributed by atoms with Crippen molar-refractivity contribution in [2.24, 2.45) is 0 Å². The minimum atomic E-state index is 0. The Balaban J connectivity index is 0.00000176. The third-order valence-electron chi connectivity index (χ3n) is 4.52. The molecule has 2 fully saturated rings.